The Labute approximate surface area is 120 Å². The van der Waals surface area contributed by atoms with E-state index in [-0.39, 0.29) is 0 Å². The Morgan fingerprint density at radius 1 is 1.26 bits per heavy atom. The fourth-order valence-corrected chi connectivity index (χ4v) is 3.23. The smallest absolute Gasteiger partial charge is 0.0589 e. The molecule has 0 spiro atoms. The molecule has 1 aliphatic rings. The van der Waals surface area contributed by atoms with Crippen LogP contribution >= 0.6 is 0 Å². The first kappa shape index (κ1) is 16.9. The van der Waals surface area contributed by atoms with Crippen LogP contribution in [0.4, 0.5) is 0 Å². The third-order valence-electron chi connectivity index (χ3n) is 4.45. The first-order valence-corrected chi connectivity index (χ1v) is 8.15. The van der Waals surface area contributed by atoms with Crippen molar-refractivity contribution in [1.82, 2.24) is 10.2 Å². The predicted octanol–water partition coefficient (Wildman–Crippen LogP) is 2.76. The molecule has 0 aromatic carbocycles. The van der Waals surface area contributed by atoms with Crippen molar-refractivity contribution in [2.75, 3.05) is 39.9 Å². The van der Waals surface area contributed by atoms with E-state index in [4.69, 9.17) is 4.74 Å². The number of nitrogens with one attached hydrogen (secondary N) is 1. The quantitative estimate of drug-likeness (QED) is 0.697. The highest BCUT2D eigenvalue weighted by Crippen LogP contribution is 2.29. The van der Waals surface area contributed by atoms with Crippen molar-refractivity contribution in [3.63, 3.8) is 0 Å². The van der Waals surface area contributed by atoms with Gasteiger partial charge in [0.25, 0.3) is 0 Å². The largest absolute Gasteiger partial charge is 0.383 e. The van der Waals surface area contributed by atoms with E-state index in [2.05, 4.69) is 31.0 Å². The monoisotopic (exact) mass is 270 g/mol. The van der Waals surface area contributed by atoms with E-state index in [1.807, 2.05) is 0 Å². The standard InChI is InChI=1S/C16H34N2O/c1-5-9-17-16-8-7-14(3)12-15(16)13-18(6-2)10-11-19-4/h14-17H,5-13H2,1-4H3. The van der Waals surface area contributed by atoms with Crippen LogP contribution in [0, 0.1) is 11.8 Å². The fourth-order valence-electron chi connectivity index (χ4n) is 3.23. The Balaban J connectivity index is 2.47. The molecule has 1 N–H and O–H groups in total. The molecule has 0 bridgehead atoms. The van der Waals surface area contributed by atoms with Gasteiger partial charge in [-0.05, 0) is 50.6 Å². The number of hydrogen-bond acceptors (Lipinski definition) is 3. The molecule has 1 fully saturated rings. The van der Waals surface area contributed by atoms with E-state index in [1.54, 1.807) is 7.11 Å². The van der Waals surface area contributed by atoms with Crippen molar-refractivity contribution in [3.05, 3.63) is 0 Å². The average molecular weight is 270 g/mol. The van der Waals surface area contributed by atoms with E-state index < -0.39 is 0 Å². The predicted molar refractivity (Wildman–Crippen MR) is 82.6 cm³/mol. The molecule has 0 heterocycles. The summed E-state index contributed by atoms with van der Waals surface area (Å²) < 4.78 is 5.22. The summed E-state index contributed by atoms with van der Waals surface area (Å²) in [5.41, 5.74) is 0. The van der Waals surface area contributed by atoms with Crippen molar-refractivity contribution < 1.29 is 4.74 Å². The highest BCUT2D eigenvalue weighted by Gasteiger charge is 2.29. The third kappa shape index (κ3) is 6.24. The molecule has 3 unspecified atom stereocenters. The summed E-state index contributed by atoms with van der Waals surface area (Å²) in [7, 11) is 1.79. The second-order valence-electron chi connectivity index (χ2n) is 6.12. The summed E-state index contributed by atoms with van der Waals surface area (Å²) in [5, 5.41) is 3.77. The molecular weight excluding hydrogens is 236 g/mol. The summed E-state index contributed by atoms with van der Waals surface area (Å²) in [6.07, 6.45) is 5.36. The number of rotatable bonds is 9. The van der Waals surface area contributed by atoms with Gasteiger partial charge in [-0.25, -0.2) is 0 Å². The maximum absolute atomic E-state index is 5.22. The summed E-state index contributed by atoms with van der Waals surface area (Å²) in [4.78, 5) is 2.55. The van der Waals surface area contributed by atoms with Crippen molar-refractivity contribution in [3.8, 4) is 0 Å². The van der Waals surface area contributed by atoms with Crippen LogP contribution in [0.2, 0.25) is 0 Å². The molecule has 3 atom stereocenters. The second kappa shape index (κ2) is 9.73. The summed E-state index contributed by atoms with van der Waals surface area (Å²) >= 11 is 0. The summed E-state index contributed by atoms with van der Waals surface area (Å²) in [6.45, 7) is 12.4. The van der Waals surface area contributed by atoms with Crippen LogP contribution in [-0.2, 0) is 4.74 Å². The molecule has 0 aliphatic heterocycles. The number of nitrogens with zero attached hydrogens (tertiary/aromatic N) is 1. The van der Waals surface area contributed by atoms with E-state index in [0.717, 1.165) is 37.6 Å². The van der Waals surface area contributed by atoms with Gasteiger partial charge < -0.3 is 15.0 Å². The Morgan fingerprint density at radius 2 is 2.05 bits per heavy atom. The highest BCUT2D eigenvalue weighted by atomic mass is 16.5. The molecule has 0 aromatic rings. The van der Waals surface area contributed by atoms with Crippen molar-refractivity contribution in [2.24, 2.45) is 11.8 Å². The molecule has 114 valence electrons. The van der Waals surface area contributed by atoms with Gasteiger partial charge in [0.1, 0.15) is 0 Å². The van der Waals surface area contributed by atoms with Crippen molar-refractivity contribution >= 4 is 0 Å². The maximum Gasteiger partial charge on any atom is 0.0589 e. The average Bonchev–Trinajstić information content (AvgIpc) is 2.42. The van der Waals surface area contributed by atoms with Gasteiger partial charge in [0.15, 0.2) is 0 Å². The second-order valence-corrected chi connectivity index (χ2v) is 6.12. The SMILES string of the molecule is CCCNC1CCC(C)CC1CN(CC)CCOC. The van der Waals surface area contributed by atoms with E-state index in [0.29, 0.717) is 0 Å². The Bertz CT molecular complexity index is 221. The Morgan fingerprint density at radius 3 is 2.68 bits per heavy atom. The summed E-state index contributed by atoms with van der Waals surface area (Å²) in [5.74, 6) is 1.71. The van der Waals surface area contributed by atoms with Crippen molar-refractivity contribution in [1.29, 1.82) is 0 Å². The molecule has 3 heteroatoms. The maximum atomic E-state index is 5.22. The van der Waals surface area contributed by atoms with E-state index in [9.17, 15) is 0 Å². The van der Waals surface area contributed by atoms with Crippen molar-refractivity contribution in [2.45, 2.75) is 52.5 Å². The van der Waals surface area contributed by atoms with Gasteiger partial charge in [0.05, 0.1) is 6.61 Å². The minimum Gasteiger partial charge on any atom is -0.383 e. The number of hydrogen-bond donors (Lipinski definition) is 1. The molecular formula is C16H34N2O. The number of likely N-dealkylation sites (N-methyl/N-ethyl adjacent to an activating group) is 1. The lowest BCUT2D eigenvalue weighted by Gasteiger charge is -2.38. The van der Waals surface area contributed by atoms with Crippen LogP contribution in [0.15, 0.2) is 0 Å². The Kier molecular flexibility index (Phi) is 8.67. The first-order chi connectivity index (χ1) is 9.21. The topological polar surface area (TPSA) is 24.5 Å². The normalized spacial score (nSPS) is 27.9. The van der Waals surface area contributed by atoms with Crippen LogP contribution in [0.25, 0.3) is 0 Å². The van der Waals surface area contributed by atoms with Gasteiger partial charge in [-0.1, -0.05) is 20.8 Å². The van der Waals surface area contributed by atoms with Gasteiger partial charge in [-0.2, -0.15) is 0 Å². The van der Waals surface area contributed by atoms with Gasteiger partial charge >= 0.3 is 0 Å². The molecule has 0 amide bonds. The van der Waals surface area contributed by atoms with Gasteiger partial charge in [-0.15, -0.1) is 0 Å². The zero-order valence-electron chi connectivity index (χ0n) is 13.5. The lowest BCUT2D eigenvalue weighted by molar-refractivity contribution is 0.112. The van der Waals surface area contributed by atoms with Crippen LogP contribution in [0.1, 0.15) is 46.5 Å². The fraction of sp³-hybridized carbons (Fsp3) is 1.00. The van der Waals surface area contributed by atoms with E-state index >= 15 is 0 Å². The molecule has 1 rings (SSSR count). The Hall–Kier alpha value is -0.120. The zero-order chi connectivity index (χ0) is 14.1. The molecule has 19 heavy (non-hydrogen) atoms. The zero-order valence-corrected chi connectivity index (χ0v) is 13.5. The number of ether oxygens (including phenoxy) is 1. The van der Waals surface area contributed by atoms with Crippen LogP contribution in [0.5, 0.6) is 0 Å². The minimum absolute atomic E-state index is 0.729. The molecule has 0 aromatic heterocycles. The van der Waals surface area contributed by atoms with Gasteiger partial charge in [0.2, 0.25) is 0 Å². The molecule has 0 saturated heterocycles. The van der Waals surface area contributed by atoms with Crippen LogP contribution in [0.3, 0.4) is 0 Å². The first-order valence-electron chi connectivity index (χ1n) is 8.15. The summed E-state index contributed by atoms with van der Waals surface area (Å²) in [6, 6.07) is 0.729. The highest BCUT2D eigenvalue weighted by molar-refractivity contribution is 4.85. The van der Waals surface area contributed by atoms with Gasteiger partial charge in [0, 0.05) is 26.2 Å². The molecule has 0 radical (unpaired) electrons. The number of methoxy groups -OCH3 is 1. The molecule has 1 aliphatic carbocycles. The molecule has 1 saturated carbocycles. The minimum atomic E-state index is 0.729. The lowest BCUT2D eigenvalue weighted by atomic mass is 9.78. The van der Waals surface area contributed by atoms with E-state index in [1.165, 1.54) is 38.8 Å². The third-order valence-corrected chi connectivity index (χ3v) is 4.45. The molecule has 3 nitrogen and oxygen atoms in total. The van der Waals surface area contributed by atoms with Gasteiger partial charge in [-0.3, -0.25) is 0 Å². The van der Waals surface area contributed by atoms with Crippen LogP contribution < -0.4 is 5.32 Å². The van der Waals surface area contributed by atoms with Crippen LogP contribution in [-0.4, -0.2) is 50.8 Å². The lowest BCUT2D eigenvalue weighted by Crippen LogP contribution is -2.46.